The fourth-order valence-corrected chi connectivity index (χ4v) is 9.32. The third kappa shape index (κ3) is 45.5. The smallest absolute Gasteiger partial charge is 0.305 e. The predicted molar refractivity (Wildman–Crippen MR) is 317 cm³/mol. The lowest BCUT2D eigenvalue weighted by atomic mass is 10.1. The Hall–Kier alpha value is -4.73. The number of hydrogen-bond acceptors (Lipinski definition) is 7. The number of nitrogens with zero attached hydrogens (tertiary/aromatic N) is 6. The van der Waals surface area contributed by atoms with Crippen LogP contribution in [0, 0.1) is 0 Å². The zero-order valence-electron chi connectivity index (χ0n) is 48.6. The van der Waals surface area contributed by atoms with Gasteiger partial charge in [0.1, 0.15) is 5.75 Å². The molecule has 0 aliphatic heterocycles. The van der Waals surface area contributed by atoms with Crippen molar-refractivity contribution in [3.05, 3.63) is 86.7 Å². The number of ether oxygens (including phenoxy) is 2. The number of azide groups is 2. The van der Waals surface area contributed by atoms with E-state index in [2.05, 4.69) is 80.1 Å². The summed E-state index contributed by atoms with van der Waals surface area (Å²) in [4.78, 5) is 42.9. The average molecular weight is 1060 g/mol. The molecule has 1 aromatic rings. The van der Waals surface area contributed by atoms with E-state index in [9.17, 15) is 14.4 Å². The number of carbonyl (C=O) groups is 3. The van der Waals surface area contributed by atoms with Crippen molar-refractivity contribution in [2.45, 2.75) is 302 Å². The highest BCUT2D eigenvalue weighted by Gasteiger charge is 2.13. The first-order chi connectivity index (χ1) is 37.2. The topological polar surface area (TPSA) is 191 Å². The standard InChI is InChI=1S/C63H108N8O5/c1-55(68-70-64)44-38-32-26-20-14-8-5-11-17-23-29-35-41-47-61(72)66-53-58-50-51-60(76-57(3)46-40-34-28-22-16-10-7-13-19-25-31-37-43-49-63(74)75-4)59(52-58)54-67-62(73)48-42-36-30-24-18-12-6-9-15-21-27-33-39-45-56(2)69-71-65/h5-10,50-52,55-57H,11-49,53-54H2,1-4H3,(H,66,72)(H,67,73)/b8-5-,9-6-,10-7-. The summed E-state index contributed by atoms with van der Waals surface area (Å²) in [5, 5.41) is 13.8. The first-order valence-corrected chi connectivity index (χ1v) is 30.6. The van der Waals surface area contributed by atoms with E-state index in [1.807, 2.05) is 26.0 Å². The van der Waals surface area contributed by atoms with Gasteiger partial charge in [0.05, 0.1) is 13.2 Å². The first-order valence-electron chi connectivity index (χ1n) is 30.6. The van der Waals surface area contributed by atoms with E-state index < -0.39 is 0 Å². The van der Waals surface area contributed by atoms with Crippen molar-refractivity contribution >= 4 is 17.8 Å². The molecule has 0 aromatic heterocycles. The molecule has 0 bridgehead atoms. The molecule has 0 radical (unpaired) electrons. The van der Waals surface area contributed by atoms with E-state index in [0.29, 0.717) is 32.4 Å². The summed E-state index contributed by atoms with van der Waals surface area (Å²) in [5.74, 6) is 0.835. The molecule has 2 N–H and O–H groups in total. The van der Waals surface area contributed by atoms with Crippen LogP contribution in [-0.2, 0) is 32.2 Å². The summed E-state index contributed by atoms with van der Waals surface area (Å²) in [6, 6.07) is 6.33. The Morgan fingerprint density at radius 3 is 1.25 bits per heavy atom. The monoisotopic (exact) mass is 1060 g/mol. The van der Waals surface area contributed by atoms with E-state index in [0.717, 1.165) is 145 Å². The van der Waals surface area contributed by atoms with Crippen LogP contribution in [0.25, 0.3) is 20.9 Å². The lowest BCUT2D eigenvalue weighted by Crippen LogP contribution is -2.24. The molecule has 0 fully saturated rings. The van der Waals surface area contributed by atoms with Gasteiger partial charge in [-0.3, -0.25) is 14.4 Å². The Morgan fingerprint density at radius 1 is 0.487 bits per heavy atom. The van der Waals surface area contributed by atoms with Gasteiger partial charge >= 0.3 is 5.97 Å². The van der Waals surface area contributed by atoms with Gasteiger partial charge < -0.3 is 20.1 Å². The summed E-state index contributed by atoms with van der Waals surface area (Å²) >= 11 is 0. The quantitative estimate of drug-likeness (QED) is 0.0163. The third-order valence-electron chi connectivity index (χ3n) is 14.2. The van der Waals surface area contributed by atoms with Crippen LogP contribution in [0.4, 0.5) is 0 Å². The SMILES string of the molecule is COC(=O)CCCCCCC/C=C\CCCCCCC(C)Oc1ccc(CNC(=O)CCCCCCC/C=C\CCCCCCC(C)N=[N+]=[N-])cc1CNC(=O)CCCCCCC/C=C\CCCCCCC(C)N=[N+]=[N-]. The molecule has 76 heavy (non-hydrogen) atoms. The highest BCUT2D eigenvalue weighted by atomic mass is 16.5. The minimum atomic E-state index is -0.108. The van der Waals surface area contributed by atoms with Crippen LogP contribution < -0.4 is 15.4 Å². The molecular weight excluding hydrogens is 949 g/mol. The second-order valence-corrected chi connectivity index (χ2v) is 21.4. The number of methoxy groups -OCH3 is 1. The third-order valence-corrected chi connectivity index (χ3v) is 14.2. The van der Waals surface area contributed by atoms with Crippen molar-refractivity contribution < 1.29 is 23.9 Å². The van der Waals surface area contributed by atoms with Crippen molar-refractivity contribution in [2.75, 3.05) is 7.11 Å². The van der Waals surface area contributed by atoms with E-state index in [4.69, 9.17) is 20.5 Å². The lowest BCUT2D eigenvalue weighted by molar-refractivity contribution is -0.140. The number of esters is 1. The molecule has 3 unspecified atom stereocenters. The fourth-order valence-electron chi connectivity index (χ4n) is 9.32. The Kier molecular flexibility index (Phi) is 47.7. The van der Waals surface area contributed by atoms with Crippen LogP contribution in [0.3, 0.4) is 0 Å². The highest BCUT2D eigenvalue weighted by Crippen LogP contribution is 2.24. The summed E-state index contributed by atoms with van der Waals surface area (Å²) in [5.41, 5.74) is 19.0. The molecule has 0 saturated carbocycles. The molecule has 2 amide bonds. The molecule has 0 saturated heterocycles. The minimum Gasteiger partial charge on any atom is -0.490 e. The van der Waals surface area contributed by atoms with Gasteiger partial charge in [-0.15, -0.1) is 0 Å². The highest BCUT2D eigenvalue weighted by molar-refractivity contribution is 5.76. The van der Waals surface area contributed by atoms with Crippen LogP contribution >= 0.6 is 0 Å². The summed E-state index contributed by atoms with van der Waals surface area (Å²) in [7, 11) is 1.45. The molecule has 0 spiro atoms. The maximum absolute atomic E-state index is 13.0. The molecule has 13 heteroatoms. The Morgan fingerprint density at radius 2 is 0.842 bits per heavy atom. The van der Waals surface area contributed by atoms with Crippen molar-refractivity contribution in [2.24, 2.45) is 10.2 Å². The number of hydrogen-bond donors (Lipinski definition) is 2. The molecule has 13 nitrogen and oxygen atoms in total. The van der Waals surface area contributed by atoms with Crippen LogP contribution in [0.15, 0.2) is 64.9 Å². The molecule has 430 valence electrons. The zero-order chi connectivity index (χ0) is 55.2. The summed E-state index contributed by atoms with van der Waals surface area (Å²) in [6.45, 7) is 6.94. The van der Waals surface area contributed by atoms with Gasteiger partial charge in [0.15, 0.2) is 0 Å². The number of benzene rings is 1. The number of nitrogens with one attached hydrogen (secondary N) is 2. The minimum absolute atomic E-state index is 0.0492. The van der Waals surface area contributed by atoms with Gasteiger partial charge in [0.2, 0.25) is 11.8 Å². The molecule has 3 atom stereocenters. The normalized spacial score (nSPS) is 12.6. The molecule has 0 aliphatic rings. The maximum Gasteiger partial charge on any atom is 0.305 e. The van der Waals surface area contributed by atoms with Crippen molar-refractivity contribution in [3.8, 4) is 5.75 Å². The van der Waals surface area contributed by atoms with Crippen LogP contribution in [-0.4, -0.2) is 43.1 Å². The predicted octanol–water partition coefficient (Wildman–Crippen LogP) is 19.1. The summed E-state index contributed by atoms with van der Waals surface area (Å²) < 4.78 is 11.2. The Balaban J connectivity index is 2.46. The number of rotatable bonds is 53. The fraction of sp³-hybridized carbons (Fsp3) is 0.762. The van der Waals surface area contributed by atoms with Gasteiger partial charge in [0, 0.05) is 59.8 Å². The van der Waals surface area contributed by atoms with Gasteiger partial charge in [-0.25, -0.2) is 0 Å². The average Bonchev–Trinajstić information content (AvgIpc) is 3.41. The van der Waals surface area contributed by atoms with Gasteiger partial charge in [0.25, 0.3) is 0 Å². The number of carbonyl (C=O) groups excluding carboxylic acids is 3. The van der Waals surface area contributed by atoms with E-state index in [1.165, 1.54) is 110 Å². The molecule has 1 aromatic carbocycles. The first kappa shape index (κ1) is 69.3. The van der Waals surface area contributed by atoms with E-state index in [1.54, 1.807) is 0 Å². The largest absolute Gasteiger partial charge is 0.490 e. The van der Waals surface area contributed by atoms with Crippen LogP contribution in [0.2, 0.25) is 0 Å². The summed E-state index contributed by atoms with van der Waals surface area (Å²) in [6.07, 6.45) is 56.0. The molecule has 0 heterocycles. The number of allylic oxidation sites excluding steroid dienone is 6. The van der Waals surface area contributed by atoms with Gasteiger partial charge in [-0.05, 0) is 158 Å². The Labute approximate surface area is 462 Å². The van der Waals surface area contributed by atoms with Crippen molar-refractivity contribution in [1.82, 2.24) is 10.6 Å². The van der Waals surface area contributed by atoms with Gasteiger partial charge in [-0.1, -0.05) is 176 Å². The van der Waals surface area contributed by atoms with E-state index >= 15 is 0 Å². The van der Waals surface area contributed by atoms with Gasteiger partial charge in [-0.2, -0.15) is 0 Å². The van der Waals surface area contributed by atoms with Crippen LogP contribution in [0.1, 0.15) is 282 Å². The van der Waals surface area contributed by atoms with Crippen LogP contribution in [0.5, 0.6) is 5.75 Å². The second-order valence-electron chi connectivity index (χ2n) is 21.4. The zero-order valence-corrected chi connectivity index (χ0v) is 48.6. The number of amides is 2. The lowest BCUT2D eigenvalue weighted by Gasteiger charge is -2.19. The molecule has 0 aliphatic carbocycles. The number of unbranched alkanes of at least 4 members (excludes halogenated alkanes) is 27. The van der Waals surface area contributed by atoms with Crippen molar-refractivity contribution in [1.29, 1.82) is 0 Å². The molecule has 1 rings (SSSR count). The maximum atomic E-state index is 13.0. The molecular formula is C63H108N8O5. The Bertz CT molecular complexity index is 1790. The second kappa shape index (κ2) is 52.3. The van der Waals surface area contributed by atoms with E-state index in [-0.39, 0.29) is 36.0 Å². The van der Waals surface area contributed by atoms with Crippen molar-refractivity contribution in [3.63, 3.8) is 0 Å².